The van der Waals surface area contributed by atoms with Gasteiger partial charge in [0.05, 0.1) is 12.2 Å². The summed E-state index contributed by atoms with van der Waals surface area (Å²) >= 11 is 1.38. The summed E-state index contributed by atoms with van der Waals surface area (Å²) in [4.78, 5) is 25.8. The highest BCUT2D eigenvalue weighted by atomic mass is 32.2. The van der Waals surface area contributed by atoms with Crippen molar-refractivity contribution in [1.29, 1.82) is 0 Å². The Morgan fingerprint density at radius 2 is 2.00 bits per heavy atom. The van der Waals surface area contributed by atoms with E-state index in [2.05, 4.69) is 15.2 Å². The third-order valence-electron chi connectivity index (χ3n) is 2.84. The van der Waals surface area contributed by atoms with Gasteiger partial charge in [-0.2, -0.15) is 0 Å². The second-order valence-corrected chi connectivity index (χ2v) is 5.63. The molecular weight excluding hydrogens is 302 g/mol. The Balaban J connectivity index is 1.95. The Hall–Kier alpha value is -2.15. The Bertz CT molecular complexity index is 698. The number of aromatic amines is 1. The molecule has 0 amide bonds. The molecule has 6 nitrogen and oxygen atoms in total. The van der Waals surface area contributed by atoms with E-state index in [0.717, 1.165) is 12.0 Å². The van der Waals surface area contributed by atoms with Gasteiger partial charge < -0.3 is 4.74 Å². The largest absolute Gasteiger partial charge is 0.462 e. The first-order chi connectivity index (χ1) is 10.6. The first-order valence-electron chi connectivity index (χ1n) is 6.92. The lowest BCUT2D eigenvalue weighted by Gasteiger charge is -2.04. The number of carbonyl (C=O) groups is 1. The maximum absolute atomic E-state index is 11.7. The summed E-state index contributed by atoms with van der Waals surface area (Å²) in [5, 5.41) is 8.17. The zero-order chi connectivity index (χ0) is 15.9. The van der Waals surface area contributed by atoms with Gasteiger partial charge in [-0.3, -0.25) is 9.78 Å². The van der Waals surface area contributed by atoms with Gasteiger partial charge in [0.25, 0.3) is 5.56 Å². The molecule has 2 rings (SSSR count). The lowest BCUT2D eigenvalue weighted by Crippen LogP contribution is -2.14. The molecule has 1 aromatic heterocycles. The second-order valence-electron chi connectivity index (χ2n) is 4.67. The second kappa shape index (κ2) is 7.74. The Morgan fingerprint density at radius 3 is 2.64 bits per heavy atom. The Labute approximate surface area is 132 Å². The first kappa shape index (κ1) is 16.2. The van der Waals surface area contributed by atoms with Crippen LogP contribution in [0, 0.1) is 6.92 Å². The fourth-order valence-electron chi connectivity index (χ4n) is 1.61. The van der Waals surface area contributed by atoms with Crippen LogP contribution in [0.4, 0.5) is 0 Å². The lowest BCUT2D eigenvalue weighted by molar-refractivity contribution is 0.0505. The van der Waals surface area contributed by atoms with E-state index in [1.807, 2.05) is 19.1 Å². The summed E-state index contributed by atoms with van der Waals surface area (Å²) in [6, 6.07) is 7.18. The van der Waals surface area contributed by atoms with E-state index in [9.17, 15) is 9.59 Å². The number of thioether (sulfide) groups is 1. The van der Waals surface area contributed by atoms with Crippen molar-refractivity contribution in [3.63, 3.8) is 0 Å². The predicted octanol–water partition coefficient (Wildman–Crippen LogP) is 2.33. The molecule has 1 aromatic carbocycles. The van der Waals surface area contributed by atoms with Crippen molar-refractivity contribution in [2.45, 2.75) is 31.2 Å². The number of rotatable bonds is 6. The van der Waals surface area contributed by atoms with Crippen molar-refractivity contribution in [2.75, 3.05) is 6.61 Å². The van der Waals surface area contributed by atoms with Gasteiger partial charge in [-0.15, -0.1) is 10.2 Å². The molecule has 0 bridgehead atoms. The van der Waals surface area contributed by atoms with Gasteiger partial charge in [-0.1, -0.05) is 30.8 Å². The molecule has 0 aliphatic rings. The molecule has 0 aliphatic carbocycles. The van der Waals surface area contributed by atoms with Crippen LogP contribution in [0.25, 0.3) is 0 Å². The number of hydrogen-bond acceptors (Lipinski definition) is 6. The third-order valence-corrected chi connectivity index (χ3v) is 3.78. The number of carbonyl (C=O) groups excluding carboxylic acids is 1. The number of nitrogens with zero attached hydrogens (tertiary/aromatic N) is 2. The third kappa shape index (κ3) is 4.42. The molecule has 1 N–H and O–H groups in total. The summed E-state index contributed by atoms with van der Waals surface area (Å²) in [6.07, 6.45) is 0.802. The van der Waals surface area contributed by atoms with Crippen LogP contribution < -0.4 is 5.56 Å². The maximum atomic E-state index is 11.7. The fourth-order valence-corrected chi connectivity index (χ4v) is 2.37. The highest BCUT2D eigenvalue weighted by Gasteiger charge is 2.07. The number of nitrogens with one attached hydrogen (secondary N) is 1. The van der Waals surface area contributed by atoms with E-state index in [0.29, 0.717) is 28.8 Å². The van der Waals surface area contributed by atoms with Crippen molar-refractivity contribution in [1.82, 2.24) is 15.2 Å². The van der Waals surface area contributed by atoms with Gasteiger partial charge in [0, 0.05) is 5.75 Å². The molecule has 0 radical (unpaired) electrons. The van der Waals surface area contributed by atoms with Crippen LogP contribution in [0.2, 0.25) is 0 Å². The van der Waals surface area contributed by atoms with Gasteiger partial charge in [-0.05, 0) is 31.0 Å². The zero-order valence-corrected chi connectivity index (χ0v) is 13.3. The number of aryl methyl sites for hydroxylation is 1. The summed E-state index contributed by atoms with van der Waals surface area (Å²) < 4.78 is 5.07. The van der Waals surface area contributed by atoms with E-state index in [1.54, 1.807) is 19.1 Å². The van der Waals surface area contributed by atoms with Crippen molar-refractivity contribution in [3.8, 4) is 0 Å². The highest BCUT2D eigenvalue weighted by Crippen LogP contribution is 2.18. The molecule has 0 atom stereocenters. The van der Waals surface area contributed by atoms with Crippen LogP contribution in [0.5, 0.6) is 0 Å². The van der Waals surface area contributed by atoms with Crippen LogP contribution in [0.1, 0.15) is 35.0 Å². The average Bonchev–Trinajstić information content (AvgIpc) is 2.54. The Kier molecular flexibility index (Phi) is 5.71. The molecular formula is C15H17N3O3S. The van der Waals surface area contributed by atoms with E-state index >= 15 is 0 Å². The van der Waals surface area contributed by atoms with Gasteiger partial charge in [0.15, 0.2) is 5.16 Å². The number of H-pyrrole nitrogens is 1. The van der Waals surface area contributed by atoms with Gasteiger partial charge in [-0.25, -0.2) is 4.79 Å². The molecule has 1 heterocycles. The molecule has 2 aromatic rings. The molecule has 0 unspecified atom stereocenters. The fraction of sp³-hybridized carbons (Fsp3) is 0.333. The summed E-state index contributed by atoms with van der Waals surface area (Å²) in [5.74, 6) is 0.313. The van der Waals surface area contributed by atoms with E-state index in [4.69, 9.17) is 4.74 Å². The topological polar surface area (TPSA) is 84.9 Å². The average molecular weight is 319 g/mol. The minimum absolute atomic E-state index is 0.230. The molecule has 0 saturated carbocycles. The van der Waals surface area contributed by atoms with Crippen LogP contribution in [-0.4, -0.2) is 27.8 Å². The van der Waals surface area contributed by atoms with Crippen LogP contribution in [0.3, 0.4) is 0 Å². The van der Waals surface area contributed by atoms with Crippen LogP contribution in [-0.2, 0) is 10.5 Å². The monoisotopic (exact) mass is 319 g/mol. The number of hydrogen-bond donors (Lipinski definition) is 1. The number of ether oxygens (including phenoxy) is 1. The summed E-state index contributed by atoms with van der Waals surface area (Å²) in [6.45, 7) is 3.98. The van der Waals surface area contributed by atoms with Crippen molar-refractivity contribution >= 4 is 17.7 Å². The maximum Gasteiger partial charge on any atom is 0.338 e. The molecule has 0 fully saturated rings. The smallest absolute Gasteiger partial charge is 0.338 e. The standard InChI is InChI=1S/C15H17N3O3S/c1-3-8-21-14(20)12-6-4-11(5-7-12)9-22-15-16-13(19)10(2)17-18-15/h4-7H,3,8-9H2,1-2H3,(H,16,18,19). The van der Waals surface area contributed by atoms with Gasteiger partial charge >= 0.3 is 5.97 Å². The molecule has 7 heteroatoms. The number of aromatic nitrogens is 3. The van der Waals surface area contributed by atoms with E-state index in [-0.39, 0.29) is 11.5 Å². The summed E-state index contributed by atoms with van der Waals surface area (Å²) in [7, 11) is 0. The SMILES string of the molecule is CCCOC(=O)c1ccc(CSc2nnc(C)c(=O)[nH]2)cc1. The van der Waals surface area contributed by atoms with Crippen molar-refractivity contribution in [2.24, 2.45) is 0 Å². The van der Waals surface area contributed by atoms with Crippen LogP contribution >= 0.6 is 11.8 Å². The van der Waals surface area contributed by atoms with Crippen LogP contribution in [0.15, 0.2) is 34.2 Å². The van der Waals surface area contributed by atoms with Crippen molar-refractivity contribution < 1.29 is 9.53 Å². The minimum atomic E-state index is -0.310. The molecule has 0 saturated heterocycles. The van der Waals surface area contributed by atoms with Gasteiger partial charge in [0.2, 0.25) is 0 Å². The highest BCUT2D eigenvalue weighted by molar-refractivity contribution is 7.98. The first-order valence-corrected chi connectivity index (χ1v) is 7.91. The Morgan fingerprint density at radius 1 is 1.27 bits per heavy atom. The number of esters is 1. The lowest BCUT2D eigenvalue weighted by atomic mass is 10.1. The van der Waals surface area contributed by atoms with Crippen molar-refractivity contribution in [3.05, 3.63) is 51.4 Å². The molecule has 0 aliphatic heterocycles. The van der Waals surface area contributed by atoms with E-state index in [1.165, 1.54) is 11.8 Å². The van der Waals surface area contributed by atoms with Gasteiger partial charge in [0.1, 0.15) is 5.69 Å². The molecule has 116 valence electrons. The minimum Gasteiger partial charge on any atom is -0.462 e. The normalized spacial score (nSPS) is 10.5. The zero-order valence-electron chi connectivity index (χ0n) is 12.5. The molecule has 0 spiro atoms. The van der Waals surface area contributed by atoms with E-state index < -0.39 is 0 Å². The summed E-state index contributed by atoms with van der Waals surface area (Å²) in [5.41, 5.74) is 1.66. The predicted molar refractivity (Wildman–Crippen MR) is 84.0 cm³/mol. The molecule has 22 heavy (non-hydrogen) atoms. The quantitative estimate of drug-likeness (QED) is 0.650. The number of benzene rings is 1.